The van der Waals surface area contributed by atoms with Crippen molar-refractivity contribution in [3.63, 3.8) is 0 Å². The van der Waals surface area contributed by atoms with E-state index in [0.29, 0.717) is 11.3 Å². The summed E-state index contributed by atoms with van der Waals surface area (Å²) in [6, 6.07) is 118. The molecule has 0 unspecified atom stereocenters. The van der Waals surface area contributed by atoms with E-state index in [2.05, 4.69) is 295 Å². The van der Waals surface area contributed by atoms with Gasteiger partial charge in [-0.25, -0.2) is 4.85 Å². The first kappa shape index (κ1) is 56.2. The quantitative estimate of drug-likeness (QED) is 0.147. The molecule has 0 fully saturated rings. The molecular formula is C87H57BrN5-. The number of hydrogen-bond acceptors (Lipinski definition) is 1. The molecule has 5 nitrogen and oxygen atoms in total. The molecule has 0 amide bonds. The Hall–Kier alpha value is -12.1. The zero-order chi connectivity index (χ0) is 62.4. The number of nitrogens with zero attached hydrogens (tertiary/aromatic N) is 5. The number of rotatable bonds is 7. The average Bonchev–Trinajstić information content (AvgIpc) is 1.58. The standard InChI is InChI=1S/C43H27N3.C31H21N.C13H8BrN.H/c1-44-33-21-15-29(16-22-33)30-17-23-35(24-18-30)46-40-13-7-5-11-36(40)38-25-19-32(28-43(38)46)31-20-26-42-39(27-31)37-12-6-8-14-41(37)45(42)34-9-3-2-4-10-34;1-2-9-25(10-3-1)32-30-13-7-6-12-28(30)29-20-22(15-17-31(29)32)21-14-16-27-24(18-21)19-23-8-4-5-11-26(23)27;14-13-7-5-12(6-8-13)11-3-1-10(9-15)2-4-11;/h2-28H;1-18,20H,19H2;1-8H;/q;;;-1. The number of hydrogen-bond donors (Lipinski definition) is 0. The van der Waals surface area contributed by atoms with Crippen molar-refractivity contribution in [2.75, 3.05) is 0 Å². The number of para-hydroxylation sites is 5. The van der Waals surface area contributed by atoms with Gasteiger partial charge in [0, 0.05) is 53.9 Å². The van der Waals surface area contributed by atoms with E-state index in [0.717, 1.165) is 38.8 Å². The minimum Gasteiger partial charge on any atom is -1.00 e. The van der Waals surface area contributed by atoms with Crippen molar-refractivity contribution in [1.82, 2.24) is 13.7 Å². The van der Waals surface area contributed by atoms with Gasteiger partial charge in [-0.05, 0) is 182 Å². The zero-order valence-electron chi connectivity index (χ0n) is 51.5. The molecule has 0 bridgehead atoms. The maximum absolute atomic E-state index is 8.68. The highest BCUT2D eigenvalue weighted by atomic mass is 79.9. The molecule has 438 valence electrons. The van der Waals surface area contributed by atoms with Crippen LogP contribution in [0.4, 0.5) is 5.69 Å². The second-order valence-corrected chi connectivity index (χ2v) is 24.4. The lowest BCUT2D eigenvalue weighted by molar-refractivity contribution is 1.18. The summed E-state index contributed by atoms with van der Waals surface area (Å²) in [5.74, 6) is 0. The van der Waals surface area contributed by atoms with E-state index in [1.165, 1.54) is 121 Å². The summed E-state index contributed by atoms with van der Waals surface area (Å²) in [5.41, 5.74) is 27.2. The Labute approximate surface area is 549 Å². The third-order valence-corrected chi connectivity index (χ3v) is 18.7. The summed E-state index contributed by atoms with van der Waals surface area (Å²) >= 11 is 3.40. The monoisotopic (exact) mass is 1250 g/mol. The van der Waals surface area contributed by atoms with E-state index in [1.807, 2.05) is 72.8 Å². The highest BCUT2D eigenvalue weighted by molar-refractivity contribution is 9.10. The van der Waals surface area contributed by atoms with Crippen LogP contribution in [0.15, 0.2) is 332 Å². The van der Waals surface area contributed by atoms with Gasteiger partial charge in [0.05, 0.1) is 51.3 Å². The number of nitriles is 1. The van der Waals surface area contributed by atoms with Gasteiger partial charge in [0.1, 0.15) is 0 Å². The van der Waals surface area contributed by atoms with Gasteiger partial charge in [-0.2, -0.15) is 5.26 Å². The predicted molar refractivity (Wildman–Crippen MR) is 392 cm³/mol. The average molecular weight is 1250 g/mol. The molecule has 0 aliphatic heterocycles. The highest BCUT2D eigenvalue weighted by Gasteiger charge is 2.21. The van der Waals surface area contributed by atoms with E-state index < -0.39 is 0 Å². The third-order valence-electron chi connectivity index (χ3n) is 18.2. The van der Waals surface area contributed by atoms with Crippen LogP contribution in [0.2, 0.25) is 0 Å². The Balaban J connectivity index is 0.000000131. The molecule has 3 heterocycles. The molecule has 0 atom stereocenters. The van der Waals surface area contributed by atoms with Crippen molar-refractivity contribution >= 4 is 87.0 Å². The molecule has 1 aliphatic carbocycles. The predicted octanol–water partition coefficient (Wildman–Crippen LogP) is 23.9. The van der Waals surface area contributed by atoms with Gasteiger partial charge >= 0.3 is 0 Å². The van der Waals surface area contributed by atoms with Gasteiger partial charge in [0.25, 0.3) is 0 Å². The Bertz CT molecular complexity index is 5770. The van der Waals surface area contributed by atoms with Crippen molar-refractivity contribution in [1.29, 1.82) is 5.26 Å². The fourth-order valence-electron chi connectivity index (χ4n) is 13.7. The Morgan fingerprint density at radius 1 is 0.312 bits per heavy atom. The van der Waals surface area contributed by atoms with Gasteiger partial charge in [-0.1, -0.05) is 234 Å². The summed E-state index contributed by atoms with van der Waals surface area (Å²) < 4.78 is 8.17. The fourth-order valence-corrected chi connectivity index (χ4v) is 13.9. The lowest BCUT2D eigenvalue weighted by Crippen LogP contribution is -1.94. The van der Waals surface area contributed by atoms with Crippen LogP contribution in [0.3, 0.4) is 0 Å². The molecule has 93 heavy (non-hydrogen) atoms. The summed E-state index contributed by atoms with van der Waals surface area (Å²) in [7, 11) is 0. The number of aromatic nitrogens is 3. The molecule has 0 N–H and O–H groups in total. The zero-order valence-corrected chi connectivity index (χ0v) is 52.1. The molecular weight excluding hydrogens is 1190 g/mol. The molecule has 17 aromatic rings. The third kappa shape index (κ3) is 10.4. The first-order valence-corrected chi connectivity index (χ1v) is 32.0. The van der Waals surface area contributed by atoms with Gasteiger partial charge in [-0.3, -0.25) is 0 Å². The van der Waals surface area contributed by atoms with Crippen molar-refractivity contribution in [2.24, 2.45) is 0 Å². The van der Waals surface area contributed by atoms with Crippen molar-refractivity contribution in [3.8, 4) is 78.8 Å². The summed E-state index contributed by atoms with van der Waals surface area (Å²) in [6.07, 6.45) is 1.02. The molecule has 0 saturated carbocycles. The van der Waals surface area contributed by atoms with Gasteiger partial charge in [0.15, 0.2) is 5.69 Å². The first-order valence-electron chi connectivity index (χ1n) is 31.2. The molecule has 3 aromatic heterocycles. The lowest BCUT2D eigenvalue weighted by atomic mass is 9.98. The fraction of sp³-hybridized carbons (Fsp3) is 0.0115. The Kier molecular flexibility index (Phi) is 14.5. The Morgan fingerprint density at radius 3 is 1.24 bits per heavy atom. The van der Waals surface area contributed by atoms with Gasteiger partial charge in [0.2, 0.25) is 0 Å². The molecule has 0 spiro atoms. The minimum absolute atomic E-state index is 0. The van der Waals surface area contributed by atoms with Crippen LogP contribution in [0.1, 0.15) is 18.1 Å². The molecule has 6 heteroatoms. The van der Waals surface area contributed by atoms with Crippen molar-refractivity contribution in [3.05, 3.63) is 360 Å². The lowest BCUT2D eigenvalue weighted by Gasteiger charge is -2.11. The first-order chi connectivity index (χ1) is 45.9. The van der Waals surface area contributed by atoms with E-state index in [9.17, 15) is 0 Å². The summed E-state index contributed by atoms with van der Waals surface area (Å²) in [6.45, 7) is 7.25. The van der Waals surface area contributed by atoms with Gasteiger partial charge < -0.3 is 15.1 Å². The van der Waals surface area contributed by atoms with Gasteiger partial charge in [-0.15, -0.1) is 0 Å². The van der Waals surface area contributed by atoms with Crippen LogP contribution >= 0.6 is 15.9 Å². The highest BCUT2D eigenvalue weighted by Crippen LogP contribution is 2.42. The molecule has 0 saturated heterocycles. The minimum atomic E-state index is 0. The molecule has 0 radical (unpaired) electrons. The van der Waals surface area contributed by atoms with E-state index in [1.54, 1.807) is 0 Å². The number of benzene rings is 14. The largest absolute Gasteiger partial charge is 1.00 e. The van der Waals surface area contributed by atoms with E-state index >= 15 is 0 Å². The maximum Gasteiger partial charge on any atom is 0.187 e. The van der Waals surface area contributed by atoms with Crippen LogP contribution in [0.5, 0.6) is 0 Å². The second kappa shape index (κ2) is 24.0. The smallest absolute Gasteiger partial charge is 0.187 e. The second-order valence-electron chi connectivity index (χ2n) is 23.5. The number of halogens is 1. The van der Waals surface area contributed by atoms with Crippen molar-refractivity contribution < 1.29 is 1.43 Å². The van der Waals surface area contributed by atoms with Crippen LogP contribution in [-0.4, -0.2) is 13.7 Å². The van der Waals surface area contributed by atoms with E-state index in [-0.39, 0.29) is 1.43 Å². The topological polar surface area (TPSA) is 42.9 Å². The molecule has 1 aliphatic rings. The summed E-state index contributed by atoms with van der Waals surface area (Å²) in [5, 5.41) is 16.2. The normalized spacial score (nSPS) is 11.4. The van der Waals surface area contributed by atoms with Crippen LogP contribution < -0.4 is 0 Å². The maximum atomic E-state index is 8.68. The van der Waals surface area contributed by atoms with Crippen molar-refractivity contribution in [2.45, 2.75) is 6.42 Å². The Morgan fingerprint density at radius 2 is 0.688 bits per heavy atom. The molecule has 18 rings (SSSR count). The van der Waals surface area contributed by atoms with Crippen LogP contribution in [0.25, 0.3) is 143 Å². The SMILES string of the molecule is N#Cc1ccc(-c2ccc(Br)cc2)cc1.[C-]#[N+]c1ccc(-c2ccc(-n3c4ccccc4c4ccc(-c5ccc6c(c5)c5ccccc5n6-c5ccccc5)cc43)cc2)cc1.[H-].c1ccc(-n2c3ccccc3c3cc(-c4ccc5c(c4)Cc4ccccc4-5)ccc32)cc1. The summed E-state index contributed by atoms with van der Waals surface area (Å²) in [4.78, 5) is 3.53. The van der Waals surface area contributed by atoms with E-state index in [4.69, 9.17) is 11.8 Å². The number of fused-ring (bicyclic) bond motifs is 12. The van der Waals surface area contributed by atoms with Crippen LogP contribution in [-0.2, 0) is 6.42 Å². The van der Waals surface area contributed by atoms with Crippen LogP contribution in [0, 0.1) is 17.9 Å². The molecule has 14 aromatic carbocycles.